The zero-order valence-electron chi connectivity index (χ0n) is 15.7. The molecule has 8 heteroatoms. The van der Waals surface area contributed by atoms with Gasteiger partial charge in [-0.15, -0.1) is 0 Å². The van der Waals surface area contributed by atoms with Gasteiger partial charge in [-0.1, -0.05) is 43.2 Å². The van der Waals surface area contributed by atoms with Gasteiger partial charge >= 0.3 is 0 Å². The highest BCUT2D eigenvalue weighted by molar-refractivity contribution is 8.26. The van der Waals surface area contributed by atoms with Crippen LogP contribution in [-0.4, -0.2) is 28.3 Å². The highest BCUT2D eigenvalue weighted by atomic mass is 32.2. The largest absolute Gasteiger partial charge is 0.494 e. The van der Waals surface area contributed by atoms with E-state index in [1.165, 1.54) is 43.5 Å². The minimum Gasteiger partial charge on any atom is -0.494 e. The first-order chi connectivity index (χ1) is 14.0. The maximum atomic E-state index is 14.3. The molecule has 0 radical (unpaired) electrons. The highest BCUT2D eigenvalue weighted by Crippen LogP contribution is 2.38. The van der Waals surface area contributed by atoms with Crippen molar-refractivity contribution in [2.45, 2.75) is 38.1 Å². The van der Waals surface area contributed by atoms with Crippen LogP contribution >= 0.6 is 24.0 Å². The lowest BCUT2D eigenvalue weighted by Gasteiger charge is -2.29. The third-order valence-electron chi connectivity index (χ3n) is 5.20. The van der Waals surface area contributed by atoms with E-state index in [9.17, 15) is 13.6 Å². The van der Waals surface area contributed by atoms with Crippen LogP contribution in [0.3, 0.4) is 0 Å². The molecule has 152 valence electrons. The summed E-state index contributed by atoms with van der Waals surface area (Å²) in [4.78, 5) is 15.0. The summed E-state index contributed by atoms with van der Waals surface area (Å²) in [6.07, 6.45) is 6.93. The number of furan rings is 1. The standard InChI is InChI=1S/C21H19F2NO3S2/c1-26-16-10-8-14(18(22)19(16)23)15-9-7-13(27-15)11-17-20(25)24(21(28)29-17)12-5-3-2-4-6-12/h7-12H,2-6H2,1H3/b17-11-. The molecule has 0 bridgehead atoms. The fourth-order valence-electron chi connectivity index (χ4n) is 3.72. The number of hydrogen-bond donors (Lipinski definition) is 0. The molecule has 2 aliphatic rings. The van der Waals surface area contributed by atoms with Crippen LogP contribution < -0.4 is 4.74 Å². The number of thioether (sulfide) groups is 1. The van der Waals surface area contributed by atoms with E-state index >= 15 is 0 Å². The molecule has 1 aromatic carbocycles. The van der Waals surface area contributed by atoms with Crippen molar-refractivity contribution < 1.29 is 22.7 Å². The Labute approximate surface area is 176 Å². The van der Waals surface area contributed by atoms with Crippen molar-refractivity contribution in [3.63, 3.8) is 0 Å². The number of rotatable bonds is 4. The van der Waals surface area contributed by atoms with Crippen molar-refractivity contribution in [2.24, 2.45) is 0 Å². The number of carbonyl (C=O) groups is 1. The molecule has 4 nitrogen and oxygen atoms in total. The Morgan fingerprint density at radius 1 is 1.17 bits per heavy atom. The van der Waals surface area contributed by atoms with Gasteiger partial charge in [-0.25, -0.2) is 4.39 Å². The normalized spacial score (nSPS) is 19.4. The molecule has 1 saturated heterocycles. The summed E-state index contributed by atoms with van der Waals surface area (Å²) < 4.78 is 39.3. The number of benzene rings is 1. The molecule has 2 fully saturated rings. The van der Waals surface area contributed by atoms with Crippen molar-refractivity contribution in [3.8, 4) is 17.1 Å². The molecule has 1 aliphatic carbocycles. The van der Waals surface area contributed by atoms with Gasteiger partial charge in [0.15, 0.2) is 11.6 Å². The number of nitrogens with zero attached hydrogens (tertiary/aromatic N) is 1. The Hall–Kier alpha value is -2.19. The summed E-state index contributed by atoms with van der Waals surface area (Å²) in [6, 6.07) is 6.04. The summed E-state index contributed by atoms with van der Waals surface area (Å²) in [7, 11) is 1.27. The minimum absolute atomic E-state index is 0.0160. The predicted molar refractivity (Wildman–Crippen MR) is 112 cm³/mol. The lowest BCUT2D eigenvalue weighted by Crippen LogP contribution is -2.39. The molecule has 0 N–H and O–H groups in total. The molecule has 0 atom stereocenters. The van der Waals surface area contributed by atoms with Crippen molar-refractivity contribution in [1.82, 2.24) is 4.90 Å². The van der Waals surface area contributed by atoms with Gasteiger partial charge in [-0.05, 0) is 37.1 Å². The highest BCUT2D eigenvalue weighted by Gasteiger charge is 2.37. The van der Waals surface area contributed by atoms with E-state index in [1.807, 2.05) is 0 Å². The van der Waals surface area contributed by atoms with Crippen LogP contribution in [0.2, 0.25) is 0 Å². The monoisotopic (exact) mass is 435 g/mol. The van der Waals surface area contributed by atoms with E-state index in [2.05, 4.69) is 0 Å². The van der Waals surface area contributed by atoms with Crippen molar-refractivity contribution in [1.29, 1.82) is 0 Å². The average Bonchev–Trinajstić information content (AvgIpc) is 3.29. The Bertz CT molecular complexity index is 996. The van der Waals surface area contributed by atoms with Gasteiger partial charge < -0.3 is 9.15 Å². The summed E-state index contributed by atoms with van der Waals surface area (Å²) in [6.45, 7) is 0. The molecule has 0 spiro atoms. The first kappa shape index (κ1) is 20.1. The van der Waals surface area contributed by atoms with Crippen LogP contribution in [0.4, 0.5) is 8.78 Å². The third-order valence-corrected chi connectivity index (χ3v) is 6.53. The molecule has 1 aliphatic heterocycles. The van der Waals surface area contributed by atoms with Gasteiger partial charge in [0.25, 0.3) is 5.91 Å². The number of carbonyl (C=O) groups excluding carboxylic acids is 1. The molecule has 2 aromatic rings. The van der Waals surface area contributed by atoms with Crippen molar-refractivity contribution in [2.75, 3.05) is 7.11 Å². The SMILES string of the molecule is COc1ccc(-c2ccc(/C=C3\SC(=S)N(C4CCCCC4)C3=O)o2)c(F)c1F. The lowest BCUT2D eigenvalue weighted by atomic mass is 9.94. The van der Waals surface area contributed by atoms with Gasteiger partial charge in [0.05, 0.1) is 17.6 Å². The topological polar surface area (TPSA) is 42.7 Å². The summed E-state index contributed by atoms with van der Waals surface area (Å²) >= 11 is 6.67. The van der Waals surface area contributed by atoms with Crippen LogP contribution in [-0.2, 0) is 4.79 Å². The van der Waals surface area contributed by atoms with Gasteiger partial charge in [0, 0.05) is 12.1 Å². The molecule has 1 amide bonds. The Balaban J connectivity index is 1.58. The molecule has 1 aromatic heterocycles. The number of amides is 1. The van der Waals surface area contributed by atoms with Gasteiger partial charge in [0.2, 0.25) is 5.82 Å². The van der Waals surface area contributed by atoms with Crippen molar-refractivity contribution >= 4 is 40.3 Å². The number of methoxy groups -OCH3 is 1. The number of thiocarbonyl (C=S) groups is 1. The first-order valence-electron chi connectivity index (χ1n) is 9.39. The minimum atomic E-state index is -1.07. The second-order valence-corrected chi connectivity index (χ2v) is 8.66. The van der Waals surface area contributed by atoms with Crippen LogP contribution in [0.15, 0.2) is 33.6 Å². The fourth-order valence-corrected chi connectivity index (χ4v) is 5.10. The van der Waals surface area contributed by atoms with Crippen LogP contribution in [0.1, 0.15) is 37.9 Å². The first-order valence-corrected chi connectivity index (χ1v) is 10.6. The smallest absolute Gasteiger partial charge is 0.266 e. The van der Waals surface area contributed by atoms with Gasteiger partial charge in [-0.3, -0.25) is 9.69 Å². The quantitative estimate of drug-likeness (QED) is 0.451. The number of ether oxygens (including phenoxy) is 1. The molecule has 0 unspecified atom stereocenters. The maximum Gasteiger partial charge on any atom is 0.266 e. The Morgan fingerprint density at radius 3 is 2.66 bits per heavy atom. The van der Waals surface area contributed by atoms with Gasteiger partial charge in [0.1, 0.15) is 15.8 Å². The third kappa shape index (κ3) is 3.83. The maximum absolute atomic E-state index is 14.3. The summed E-state index contributed by atoms with van der Waals surface area (Å²) in [5, 5.41) is 0. The summed E-state index contributed by atoms with van der Waals surface area (Å²) in [5.74, 6) is -1.88. The van der Waals surface area contributed by atoms with E-state index in [4.69, 9.17) is 21.4 Å². The molecular weight excluding hydrogens is 416 g/mol. The van der Waals surface area contributed by atoms with E-state index in [0.29, 0.717) is 15.0 Å². The molecular formula is C21H19F2NO3S2. The average molecular weight is 436 g/mol. The number of halogens is 2. The Morgan fingerprint density at radius 2 is 1.93 bits per heavy atom. The van der Waals surface area contributed by atoms with E-state index in [-0.39, 0.29) is 29.0 Å². The Kier molecular flexibility index (Phi) is 5.74. The molecule has 2 heterocycles. The van der Waals surface area contributed by atoms with Crippen LogP contribution in [0.5, 0.6) is 5.75 Å². The fraction of sp³-hybridized carbons (Fsp3) is 0.333. The van der Waals surface area contributed by atoms with E-state index < -0.39 is 11.6 Å². The molecule has 29 heavy (non-hydrogen) atoms. The van der Waals surface area contributed by atoms with E-state index in [0.717, 1.165) is 25.7 Å². The van der Waals surface area contributed by atoms with Gasteiger partial charge in [-0.2, -0.15) is 4.39 Å². The second-order valence-electron chi connectivity index (χ2n) is 6.99. The molecule has 1 saturated carbocycles. The van der Waals surface area contributed by atoms with Crippen LogP contribution in [0.25, 0.3) is 17.4 Å². The zero-order valence-corrected chi connectivity index (χ0v) is 17.4. The predicted octanol–water partition coefficient (Wildman–Crippen LogP) is 5.77. The molecule has 4 rings (SSSR count). The van der Waals surface area contributed by atoms with Crippen LogP contribution in [0, 0.1) is 11.6 Å². The lowest BCUT2D eigenvalue weighted by molar-refractivity contribution is -0.124. The zero-order chi connectivity index (χ0) is 20.5. The van der Waals surface area contributed by atoms with Crippen molar-refractivity contribution in [3.05, 3.63) is 46.6 Å². The second kappa shape index (κ2) is 8.28. The summed E-state index contributed by atoms with van der Waals surface area (Å²) in [5.41, 5.74) is -0.0160. The van der Waals surface area contributed by atoms with E-state index in [1.54, 1.807) is 17.0 Å². The number of hydrogen-bond acceptors (Lipinski definition) is 5.